The molecule has 0 atom stereocenters. The molecule has 35 heavy (non-hydrogen) atoms. The van der Waals surface area contributed by atoms with Crippen LogP contribution >= 0.6 is 0 Å². The first-order chi connectivity index (χ1) is 15.9. The van der Waals surface area contributed by atoms with Gasteiger partial charge < -0.3 is 43.5 Å². The summed E-state index contributed by atoms with van der Waals surface area (Å²) < 4.78 is 0. The number of nitrogens with one attached hydrogen (secondary N) is 1. The summed E-state index contributed by atoms with van der Waals surface area (Å²) in [5, 5.41) is 0. The van der Waals surface area contributed by atoms with Crippen molar-refractivity contribution < 1.29 is 43.4 Å². The second kappa shape index (κ2) is 31.7. The van der Waals surface area contributed by atoms with Gasteiger partial charge in [0.05, 0.1) is 0 Å². The minimum Gasteiger partial charge on any atom is -0.699 e. The normalized spacial score (nSPS) is 12.9. The van der Waals surface area contributed by atoms with Gasteiger partial charge >= 0.3 is 21.7 Å². The molecular weight excluding hydrogens is 494 g/mol. The van der Waals surface area contributed by atoms with E-state index in [1.807, 2.05) is 165 Å². The molecule has 2 aromatic carbocycles. The van der Waals surface area contributed by atoms with Crippen LogP contribution in [0.3, 0.4) is 0 Å². The van der Waals surface area contributed by atoms with Crippen LogP contribution in [0.2, 0.25) is 0 Å². The Morgan fingerprint density at radius 1 is 0.543 bits per heavy atom. The number of hydrogen-bond donors (Lipinski definition) is 0. The molecular formula is C32H33NTi2-2. The molecule has 0 heterocycles. The summed E-state index contributed by atoms with van der Waals surface area (Å²) in [5.41, 5.74) is 7.57. The van der Waals surface area contributed by atoms with Crippen LogP contribution in [0.1, 0.15) is 0 Å². The molecule has 0 amide bonds. The van der Waals surface area contributed by atoms with Crippen molar-refractivity contribution in [2.24, 2.45) is 0 Å². The number of allylic oxidation sites excluding steroid dienone is 16. The second-order valence-electron chi connectivity index (χ2n) is 6.10. The van der Waals surface area contributed by atoms with Crippen LogP contribution in [0.4, 0.5) is 5.69 Å². The fraction of sp³-hybridized carbons (Fsp3) is 0. The minimum absolute atomic E-state index is 0. The van der Waals surface area contributed by atoms with Crippen molar-refractivity contribution in [3.63, 3.8) is 0 Å². The van der Waals surface area contributed by atoms with E-state index < -0.39 is 0 Å². The van der Waals surface area contributed by atoms with Crippen molar-refractivity contribution in [2.45, 2.75) is 0 Å². The molecule has 0 unspecified atom stereocenters. The van der Waals surface area contributed by atoms with Gasteiger partial charge in [0.1, 0.15) is 0 Å². The first kappa shape index (κ1) is 37.3. The van der Waals surface area contributed by atoms with E-state index in [1.54, 1.807) is 12.1 Å². The smallest absolute Gasteiger partial charge is 0.699 e. The molecule has 2 aromatic rings. The maximum atomic E-state index is 7.00. The third kappa shape index (κ3) is 29.7. The Balaban J connectivity index is -0.000000347. The third-order valence-corrected chi connectivity index (χ3v) is 3.49. The van der Waals surface area contributed by atoms with Crippen molar-refractivity contribution in [3.05, 3.63) is 197 Å². The fourth-order valence-corrected chi connectivity index (χ4v) is 2.00. The van der Waals surface area contributed by atoms with Gasteiger partial charge in [0.2, 0.25) is 0 Å². The first-order valence-electron chi connectivity index (χ1n) is 10.4. The monoisotopic (exact) mass is 527 g/mol. The maximum absolute atomic E-state index is 7.00. The van der Waals surface area contributed by atoms with E-state index in [9.17, 15) is 0 Å². The zero-order valence-corrected chi connectivity index (χ0v) is 23.4. The summed E-state index contributed by atoms with van der Waals surface area (Å²) >= 11 is 0. The largest absolute Gasteiger partial charge is 2.00 e. The van der Waals surface area contributed by atoms with Crippen molar-refractivity contribution in [2.75, 3.05) is 0 Å². The van der Waals surface area contributed by atoms with Crippen LogP contribution in [-0.4, -0.2) is 0 Å². The molecule has 0 saturated carbocycles. The second-order valence-corrected chi connectivity index (χ2v) is 6.10. The predicted octanol–water partition coefficient (Wildman–Crippen LogP) is 9.29. The number of rotatable bonds is 0. The Hall–Kier alpha value is -2.28. The summed E-state index contributed by atoms with van der Waals surface area (Å²) in [4.78, 5) is 0. The van der Waals surface area contributed by atoms with Gasteiger partial charge in [-0.15, -0.1) is 5.69 Å². The van der Waals surface area contributed by atoms with Crippen molar-refractivity contribution in [1.29, 1.82) is 0 Å². The molecule has 0 bridgehead atoms. The Morgan fingerprint density at radius 3 is 1.00 bits per heavy atom. The minimum atomic E-state index is 0. The van der Waals surface area contributed by atoms with Crippen LogP contribution in [0.15, 0.2) is 152 Å². The van der Waals surface area contributed by atoms with Crippen molar-refractivity contribution in [1.82, 2.24) is 0 Å². The van der Waals surface area contributed by atoms with Crippen LogP contribution in [0.25, 0.3) is 5.73 Å². The maximum Gasteiger partial charge on any atom is 2.00 e. The van der Waals surface area contributed by atoms with Crippen molar-refractivity contribution >= 4 is 5.69 Å². The Kier molecular flexibility index (Phi) is 33.8. The van der Waals surface area contributed by atoms with E-state index in [-0.39, 0.29) is 50.9 Å². The van der Waals surface area contributed by atoms with Crippen LogP contribution < -0.4 is 0 Å². The zero-order chi connectivity index (χ0) is 22.8. The van der Waals surface area contributed by atoms with Gasteiger partial charge in [0.25, 0.3) is 0 Å². The van der Waals surface area contributed by atoms with Gasteiger partial charge in [-0.3, -0.25) is 0 Å². The van der Waals surface area contributed by atoms with E-state index in [1.165, 1.54) is 0 Å². The summed E-state index contributed by atoms with van der Waals surface area (Å²) in [6, 6.07) is 19.6. The molecule has 1 nitrogen and oxygen atoms in total. The van der Waals surface area contributed by atoms with Gasteiger partial charge in [0.15, 0.2) is 0 Å². The topological polar surface area (TPSA) is 23.8 Å². The van der Waals surface area contributed by atoms with E-state index >= 15 is 0 Å². The Bertz CT molecular complexity index is 736. The molecule has 4 radical (unpaired) electrons. The van der Waals surface area contributed by atoms with Gasteiger partial charge in [-0.25, -0.2) is 0 Å². The molecule has 176 valence electrons. The molecule has 4 aliphatic carbocycles. The summed E-state index contributed by atoms with van der Waals surface area (Å²) in [6.45, 7) is 0. The Morgan fingerprint density at radius 2 is 0.886 bits per heavy atom. The Labute approximate surface area is 244 Å². The van der Waals surface area contributed by atoms with Gasteiger partial charge in [0, 0.05) is 47.4 Å². The van der Waals surface area contributed by atoms with Gasteiger partial charge in [-0.2, -0.15) is 0 Å². The SMILES string of the molecule is [CH3-].[CH]1C=CC=C1.[CH]1C=CC=C1.[CH]1C=CC=C1.[CH]1C=CC=C1.[NH-]c1ccccc1.[Ti+2].[Ti].[c-]1cc[cH-]c1. The molecule has 3 heteroatoms. The quantitative estimate of drug-likeness (QED) is 0.241. The average Bonchev–Trinajstić information content (AvgIpc) is 3.70. The molecule has 0 aromatic heterocycles. The average molecular weight is 527 g/mol. The van der Waals surface area contributed by atoms with E-state index in [0.29, 0.717) is 5.69 Å². The molecule has 0 fully saturated rings. The van der Waals surface area contributed by atoms with Crippen LogP contribution in [0.5, 0.6) is 0 Å². The number of hydrogen-bond acceptors (Lipinski definition) is 0. The summed E-state index contributed by atoms with van der Waals surface area (Å²) in [7, 11) is 0. The zero-order valence-electron chi connectivity index (χ0n) is 20.2. The molecule has 4 aliphatic rings. The fourth-order valence-electron chi connectivity index (χ4n) is 2.00. The summed E-state index contributed by atoms with van der Waals surface area (Å²) in [5.74, 6) is 0. The van der Waals surface area contributed by atoms with Crippen molar-refractivity contribution in [3.8, 4) is 0 Å². The molecule has 0 saturated heterocycles. The van der Waals surface area contributed by atoms with E-state index in [2.05, 4.69) is 6.07 Å². The predicted molar refractivity (Wildman–Crippen MR) is 148 cm³/mol. The molecule has 6 rings (SSSR count). The van der Waals surface area contributed by atoms with E-state index in [4.69, 9.17) is 5.73 Å². The molecule has 0 spiro atoms. The molecule has 1 N–H and O–H groups in total. The standard InChI is InChI=1S/C6H6N.4C5H5.C5H4.CH3.2Ti/c7-6-4-2-1-3-5-6;5*1-2-4-5-3-1;;;/h1-5,7H;4*1-5H;1-4H;1H3;;/q-1;;;;;-2;-1;;+2. The van der Waals surface area contributed by atoms with Crippen LogP contribution in [-0.2, 0) is 43.4 Å². The molecule has 0 aliphatic heterocycles. The van der Waals surface area contributed by atoms with Gasteiger partial charge in [-0.05, 0) is 0 Å². The van der Waals surface area contributed by atoms with Crippen LogP contribution in [0, 0.1) is 39.2 Å². The third-order valence-electron chi connectivity index (χ3n) is 3.49. The van der Waals surface area contributed by atoms with E-state index in [0.717, 1.165) is 0 Å². The number of benzene rings is 1. The summed E-state index contributed by atoms with van der Waals surface area (Å²) in [6.07, 6.45) is 40.0. The van der Waals surface area contributed by atoms with Gasteiger partial charge in [-0.1, -0.05) is 128 Å². The first-order valence-corrected chi connectivity index (χ1v) is 10.4.